The molecule has 1 aliphatic heterocycles. The molecular weight excluding hydrogens is 386 g/mol. The Balaban J connectivity index is 0.00000364. The van der Waals surface area contributed by atoms with Crippen molar-refractivity contribution in [1.29, 1.82) is 0 Å². The molecule has 1 aromatic carbocycles. The molecule has 0 radical (unpaired) electrons. The molecule has 0 saturated carbocycles. The van der Waals surface area contributed by atoms with Crippen LogP contribution in [-0.4, -0.2) is 60.6 Å². The summed E-state index contributed by atoms with van der Waals surface area (Å²) in [6.45, 7) is 4.79. The highest BCUT2D eigenvalue weighted by Crippen LogP contribution is 2.16. The number of carbonyl (C=O) groups excluding carboxylic acids is 2. The number of piperidine rings is 1. The van der Waals surface area contributed by atoms with Crippen LogP contribution in [0.2, 0.25) is 0 Å². The van der Waals surface area contributed by atoms with Gasteiger partial charge in [0, 0.05) is 25.4 Å². The maximum absolute atomic E-state index is 12.3. The fourth-order valence-corrected chi connectivity index (χ4v) is 3.48. The Morgan fingerprint density at radius 1 is 1.22 bits per heavy atom. The number of thioether (sulfide) groups is 1. The van der Waals surface area contributed by atoms with E-state index in [1.165, 1.54) is 11.8 Å². The number of hydrogen-bond donors (Lipinski definition) is 2. The Labute approximate surface area is 172 Å². The molecule has 1 aliphatic rings. The van der Waals surface area contributed by atoms with Gasteiger partial charge in [-0.3, -0.25) is 9.59 Å². The lowest BCUT2D eigenvalue weighted by Gasteiger charge is -2.32. The number of ether oxygens (including phenoxy) is 1. The summed E-state index contributed by atoms with van der Waals surface area (Å²) in [7, 11) is 0. The molecule has 8 heteroatoms. The summed E-state index contributed by atoms with van der Waals surface area (Å²) in [5, 5.41) is 2.84. The number of carbonyl (C=O) groups is 2. The van der Waals surface area contributed by atoms with Crippen molar-refractivity contribution < 1.29 is 14.3 Å². The second-order valence-corrected chi connectivity index (χ2v) is 7.49. The first-order valence-electron chi connectivity index (χ1n) is 9.12. The monoisotopic (exact) mass is 415 g/mol. The first kappa shape index (κ1) is 23.8. The molecule has 27 heavy (non-hydrogen) atoms. The number of likely N-dealkylation sites (tertiary alicyclic amines) is 1. The second kappa shape index (κ2) is 13.0. The Morgan fingerprint density at radius 3 is 2.52 bits per heavy atom. The second-order valence-electron chi connectivity index (χ2n) is 6.50. The van der Waals surface area contributed by atoms with E-state index in [0.717, 1.165) is 43.6 Å². The molecule has 1 fully saturated rings. The van der Waals surface area contributed by atoms with Crippen LogP contribution in [0.1, 0.15) is 24.8 Å². The van der Waals surface area contributed by atoms with E-state index in [9.17, 15) is 9.59 Å². The zero-order valence-electron chi connectivity index (χ0n) is 15.8. The van der Waals surface area contributed by atoms with Gasteiger partial charge in [0.25, 0.3) is 0 Å². The molecule has 0 spiro atoms. The summed E-state index contributed by atoms with van der Waals surface area (Å²) in [6, 6.07) is 7.66. The molecule has 0 unspecified atom stereocenters. The summed E-state index contributed by atoms with van der Waals surface area (Å²) >= 11 is 1.35. The van der Waals surface area contributed by atoms with Crippen LogP contribution in [0, 0.1) is 6.92 Å². The minimum atomic E-state index is -0.0846. The number of hydrogen-bond acceptors (Lipinski definition) is 5. The van der Waals surface area contributed by atoms with Crippen LogP contribution >= 0.6 is 24.2 Å². The normalized spacial score (nSPS) is 14.5. The van der Waals surface area contributed by atoms with Crippen molar-refractivity contribution in [3.8, 4) is 0 Å². The first-order chi connectivity index (χ1) is 12.6. The van der Waals surface area contributed by atoms with Crippen LogP contribution in [-0.2, 0) is 14.3 Å². The first-order valence-corrected chi connectivity index (χ1v) is 10.3. The number of anilines is 1. The van der Waals surface area contributed by atoms with Crippen molar-refractivity contribution in [3.05, 3.63) is 29.8 Å². The van der Waals surface area contributed by atoms with Gasteiger partial charge in [0.2, 0.25) is 11.8 Å². The Kier molecular flexibility index (Phi) is 11.4. The van der Waals surface area contributed by atoms with Crippen LogP contribution in [0.25, 0.3) is 0 Å². The minimum absolute atomic E-state index is 0. The number of aryl methyl sites for hydroxylation is 1. The van der Waals surface area contributed by atoms with E-state index in [2.05, 4.69) is 5.32 Å². The van der Waals surface area contributed by atoms with Crippen molar-refractivity contribution in [3.63, 3.8) is 0 Å². The van der Waals surface area contributed by atoms with Gasteiger partial charge in [-0.05, 0) is 44.9 Å². The van der Waals surface area contributed by atoms with Gasteiger partial charge in [0.15, 0.2) is 0 Å². The number of halogens is 1. The van der Waals surface area contributed by atoms with Gasteiger partial charge in [0.1, 0.15) is 0 Å². The zero-order valence-corrected chi connectivity index (χ0v) is 17.4. The third-order valence-corrected chi connectivity index (χ3v) is 5.21. The highest BCUT2D eigenvalue weighted by Gasteiger charge is 2.23. The summed E-state index contributed by atoms with van der Waals surface area (Å²) < 4.78 is 5.75. The molecule has 2 amide bonds. The van der Waals surface area contributed by atoms with E-state index < -0.39 is 0 Å². The fraction of sp³-hybridized carbons (Fsp3) is 0.579. The third kappa shape index (κ3) is 8.97. The molecule has 2 rings (SSSR count). The fourth-order valence-electron chi connectivity index (χ4n) is 2.76. The van der Waals surface area contributed by atoms with Crippen molar-refractivity contribution in [2.75, 3.05) is 43.1 Å². The molecular formula is C19H30ClN3O3S. The minimum Gasteiger partial charge on any atom is -0.378 e. The maximum atomic E-state index is 12.3. The van der Waals surface area contributed by atoms with E-state index in [0.29, 0.717) is 18.9 Å². The third-order valence-electron chi connectivity index (χ3n) is 4.29. The van der Waals surface area contributed by atoms with Crippen LogP contribution in [0.5, 0.6) is 0 Å². The van der Waals surface area contributed by atoms with Gasteiger partial charge in [-0.25, -0.2) is 0 Å². The molecule has 0 atom stereocenters. The van der Waals surface area contributed by atoms with Gasteiger partial charge < -0.3 is 20.7 Å². The van der Waals surface area contributed by atoms with Crippen LogP contribution < -0.4 is 11.1 Å². The number of nitrogens with zero attached hydrogens (tertiary/aromatic N) is 1. The zero-order chi connectivity index (χ0) is 18.8. The Bertz CT molecular complexity index is 578. The van der Waals surface area contributed by atoms with Crippen LogP contribution in [0.4, 0.5) is 5.69 Å². The van der Waals surface area contributed by atoms with Gasteiger partial charge in [-0.2, -0.15) is 0 Å². The average Bonchev–Trinajstić information content (AvgIpc) is 2.64. The van der Waals surface area contributed by atoms with Crippen molar-refractivity contribution >= 4 is 41.7 Å². The van der Waals surface area contributed by atoms with Gasteiger partial charge >= 0.3 is 0 Å². The molecule has 3 N–H and O–H groups in total. The molecule has 152 valence electrons. The topological polar surface area (TPSA) is 84.7 Å². The SMILES string of the molecule is Cc1ccc(NC(=O)CSCC(=O)N2CCC(OCCCN)CC2)cc1.Cl. The Hall–Kier alpha value is -1.28. The summed E-state index contributed by atoms with van der Waals surface area (Å²) in [5.41, 5.74) is 7.39. The van der Waals surface area contributed by atoms with E-state index in [1.54, 1.807) is 0 Å². The number of benzene rings is 1. The highest BCUT2D eigenvalue weighted by atomic mass is 35.5. The molecule has 0 bridgehead atoms. The quantitative estimate of drug-likeness (QED) is 0.605. The average molecular weight is 416 g/mol. The molecule has 1 aromatic rings. The molecule has 1 heterocycles. The summed E-state index contributed by atoms with van der Waals surface area (Å²) in [4.78, 5) is 26.1. The predicted molar refractivity (Wildman–Crippen MR) is 114 cm³/mol. The standard InChI is InChI=1S/C19H29N3O3S.ClH/c1-15-3-5-16(6-4-15)21-18(23)13-26-14-19(24)22-10-7-17(8-11-22)25-12-2-9-20;/h3-6,17H,2,7-14,20H2,1H3,(H,21,23);1H. The van der Waals surface area contributed by atoms with Crippen LogP contribution in [0.3, 0.4) is 0 Å². The molecule has 1 saturated heterocycles. The number of nitrogens with one attached hydrogen (secondary N) is 1. The number of rotatable bonds is 9. The van der Waals surface area contributed by atoms with E-state index in [-0.39, 0.29) is 36.1 Å². The van der Waals surface area contributed by atoms with Crippen molar-refractivity contribution in [2.24, 2.45) is 5.73 Å². The van der Waals surface area contributed by atoms with Gasteiger partial charge in [0.05, 0.1) is 17.6 Å². The number of nitrogens with two attached hydrogens (primary N) is 1. The van der Waals surface area contributed by atoms with E-state index in [4.69, 9.17) is 10.5 Å². The predicted octanol–water partition coefficient (Wildman–Crippen LogP) is 2.44. The highest BCUT2D eigenvalue weighted by molar-refractivity contribution is 8.00. The molecule has 0 aliphatic carbocycles. The molecule has 6 nitrogen and oxygen atoms in total. The molecule has 0 aromatic heterocycles. The summed E-state index contributed by atoms with van der Waals surface area (Å²) in [6.07, 6.45) is 2.85. The lowest BCUT2D eigenvalue weighted by Crippen LogP contribution is -2.42. The maximum Gasteiger partial charge on any atom is 0.234 e. The lowest BCUT2D eigenvalue weighted by molar-refractivity contribution is -0.130. The number of amides is 2. The van der Waals surface area contributed by atoms with Crippen LogP contribution in [0.15, 0.2) is 24.3 Å². The van der Waals surface area contributed by atoms with Gasteiger partial charge in [-0.1, -0.05) is 17.7 Å². The van der Waals surface area contributed by atoms with Crippen molar-refractivity contribution in [1.82, 2.24) is 4.90 Å². The largest absolute Gasteiger partial charge is 0.378 e. The van der Waals surface area contributed by atoms with E-state index >= 15 is 0 Å². The van der Waals surface area contributed by atoms with Gasteiger partial charge in [-0.15, -0.1) is 24.2 Å². The summed E-state index contributed by atoms with van der Waals surface area (Å²) in [5.74, 6) is 0.621. The smallest absolute Gasteiger partial charge is 0.234 e. The van der Waals surface area contributed by atoms with Crippen molar-refractivity contribution in [2.45, 2.75) is 32.3 Å². The lowest BCUT2D eigenvalue weighted by atomic mass is 10.1. The van der Waals surface area contributed by atoms with E-state index in [1.807, 2.05) is 36.1 Å². The Morgan fingerprint density at radius 2 is 1.89 bits per heavy atom.